The number of hydrogen-bond acceptors (Lipinski definition) is 4. The number of carbonyl (C=O) groups is 2. The van der Waals surface area contributed by atoms with Gasteiger partial charge in [-0.3, -0.25) is 9.59 Å². The molecule has 5 rings (SSSR count). The van der Waals surface area contributed by atoms with E-state index in [9.17, 15) is 18.4 Å². The lowest BCUT2D eigenvalue weighted by Gasteiger charge is -2.31. The van der Waals surface area contributed by atoms with Crippen LogP contribution in [0.1, 0.15) is 33.7 Å². The molecule has 0 atom stereocenters. The molecule has 0 bridgehead atoms. The summed E-state index contributed by atoms with van der Waals surface area (Å²) in [4.78, 5) is 27.6. The Labute approximate surface area is 204 Å². The minimum Gasteiger partial charge on any atom is -0.463 e. The van der Waals surface area contributed by atoms with Gasteiger partial charge in [0.25, 0.3) is 5.91 Å². The first-order chi connectivity index (χ1) is 16.9. The molecular formula is C26H20ClF2N3O3. The van der Waals surface area contributed by atoms with Crippen molar-refractivity contribution in [3.8, 4) is 17.1 Å². The van der Waals surface area contributed by atoms with Crippen LogP contribution in [0.5, 0.6) is 0 Å². The number of likely N-dealkylation sites (tertiary alicyclic amines) is 1. The summed E-state index contributed by atoms with van der Waals surface area (Å²) in [5.41, 5.74) is 1.23. The van der Waals surface area contributed by atoms with E-state index in [0.29, 0.717) is 48.1 Å². The number of amides is 1. The number of furan rings is 1. The first-order valence-electron chi connectivity index (χ1n) is 11.1. The van der Waals surface area contributed by atoms with Gasteiger partial charge in [-0.2, -0.15) is 5.10 Å². The fourth-order valence-corrected chi connectivity index (χ4v) is 4.49. The molecule has 2 aromatic heterocycles. The zero-order chi connectivity index (χ0) is 24.5. The molecule has 0 N–H and O–H groups in total. The van der Waals surface area contributed by atoms with Gasteiger partial charge in [-0.05, 0) is 61.4 Å². The molecule has 0 spiro atoms. The largest absolute Gasteiger partial charge is 0.463 e. The van der Waals surface area contributed by atoms with Crippen LogP contribution < -0.4 is 0 Å². The zero-order valence-electron chi connectivity index (χ0n) is 18.5. The van der Waals surface area contributed by atoms with Crippen molar-refractivity contribution in [2.24, 2.45) is 5.92 Å². The molecule has 35 heavy (non-hydrogen) atoms. The van der Waals surface area contributed by atoms with Crippen molar-refractivity contribution < 1.29 is 22.8 Å². The van der Waals surface area contributed by atoms with Crippen molar-refractivity contribution in [3.63, 3.8) is 0 Å². The van der Waals surface area contributed by atoms with Gasteiger partial charge < -0.3 is 9.32 Å². The summed E-state index contributed by atoms with van der Waals surface area (Å²) in [6.45, 7) is 0.596. The average Bonchev–Trinajstić information content (AvgIpc) is 3.55. The van der Waals surface area contributed by atoms with Gasteiger partial charge >= 0.3 is 0 Å². The van der Waals surface area contributed by atoms with E-state index in [1.165, 1.54) is 6.26 Å². The Bertz CT molecular complexity index is 1390. The molecule has 1 fully saturated rings. The lowest BCUT2D eigenvalue weighted by molar-refractivity contribution is 0.0644. The number of nitrogens with zero attached hydrogens (tertiary/aromatic N) is 3. The highest BCUT2D eigenvalue weighted by Crippen LogP contribution is 2.28. The number of halogens is 3. The maximum Gasteiger partial charge on any atom is 0.274 e. The van der Waals surface area contributed by atoms with Crippen molar-refractivity contribution in [1.29, 1.82) is 0 Å². The highest BCUT2D eigenvalue weighted by Gasteiger charge is 2.31. The molecule has 178 valence electrons. The predicted octanol–water partition coefficient (Wildman–Crippen LogP) is 5.80. The Kier molecular flexibility index (Phi) is 6.21. The van der Waals surface area contributed by atoms with Crippen LogP contribution in [-0.2, 0) is 0 Å². The summed E-state index contributed by atoms with van der Waals surface area (Å²) < 4.78 is 34.7. The number of piperidine rings is 1. The van der Waals surface area contributed by atoms with Crippen LogP contribution in [-0.4, -0.2) is 39.5 Å². The maximum atomic E-state index is 14.0. The number of benzene rings is 2. The number of carbonyl (C=O) groups excluding carboxylic acids is 2. The summed E-state index contributed by atoms with van der Waals surface area (Å²) in [5.74, 6) is -2.09. The topological polar surface area (TPSA) is 68.3 Å². The lowest BCUT2D eigenvalue weighted by Crippen LogP contribution is -2.40. The number of hydrogen-bond donors (Lipinski definition) is 0. The average molecular weight is 496 g/mol. The minimum absolute atomic E-state index is 0.220. The van der Waals surface area contributed by atoms with Crippen LogP contribution in [0.3, 0.4) is 0 Å². The van der Waals surface area contributed by atoms with E-state index >= 15 is 0 Å². The molecule has 1 aliphatic rings. The summed E-state index contributed by atoms with van der Waals surface area (Å²) in [7, 11) is 0. The monoisotopic (exact) mass is 495 g/mol. The van der Waals surface area contributed by atoms with Crippen molar-refractivity contribution in [2.75, 3.05) is 13.1 Å². The Morgan fingerprint density at radius 2 is 1.80 bits per heavy atom. The molecular weight excluding hydrogens is 476 g/mol. The molecule has 1 aliphatic heterocycles. The smallest absolute Gasteiger partial charge is 0.274 e. The van der Waals surface area contributed by atoms with Gasteiger partial charge in [-0.1, -0.05) is 17.7 Å². The number of aromatic nitrogens is 2. The molecule has 1 saturated heterocycles. The fourth-order valence-electron chi connectivity index (χ4n) is 4.30. The van der Waals surface area contributed by atoms with Gasteiger partial charge in [0.15, 0.2) is 17.2 Å². The normalized spacial score (nSPS) is 14.3. The third-order valence-corrected chi connectivity index (χ3v) is 6.34. The van der Waals surface area contributed by atoms with Crippen LogP contribution >= 0.6 is 11.6 Å². The van der Waals surface area contributed by atoms with E-state index in [-0.39, 0.29) is 17.2 Å². The standard InChI is InChI=1S/C26H20ClF2N3O3/c27-17-3-1-4-19(13-17)32-23(24-5-2-12-35-24)15-22(30-32)26(34)31-10-8-16(9-11-31)25(33)20-14-18(28)6-7-21(20)29/h1-7,12-16H,8-11H2. The van der Waals surface area contributed by atoms with Gasteiger partial charge in [0.1, 0.15) is 17.3 Å². The van der Waals surface area contributed by atoms with E-state index in [1.54, 1.807) is 46.0 Å². The van der Waals surface area contributed by atoms with Crippen molar-refractivity contribution in [3.05, 3.63) is 94.8 Å². The van der Waals surface area contributed by atoms with Crippen molar-refractivity contribution in [2.45, 2.75) is 12.8 Å². The number of rotatable bonds is 5. The second-order valence-corrected chi connectivity index (χ2v) is 8.78. The maximum absolute atomic E-state index is 14.0. The SMILES string of the molecule is O=C(c1cc(F)ccc1F)C1CCN(C(=O)c2cc(-c3ccco3)n(-c3cccc(Cl)c3)n2)CC1. The fraction of sp³-hybridized carbons (Fsp3) is 0.192. The third-order valence-electron chi connectivity index (χ3n) is 6.10. The van der Waals surface area contributed by atoms with E-state index in [4.69, 9.17) is 16.0 Å². The molecule has 6 nitrogen and oxygen atoms in total. The lowest BCUT2D eigenvalue weighted by atomic mass is 9.88. The molecule has 1 amide bonds. The second kappa shape index (κ2) is 9.46. The van der Waals surface area contributed by atoms with Gasteiger partial charge in [0, 0.05) is 30.1 Å². The molecule has 3 heterocycles. The van der Waals surface area contributed by atoms with Crippen LogP contribution in [0.4, 0.5) is 8.78 Å². The summed E-state index contributed by atoms with van der Waals surface area (Å²) in [6.07, 6.45) is 2.23. The Hall–Kier alpha value is -3.78. The molecule has 0 saturated carbocycles. The van der Waals surface area contributed by atoms with Gasteiger partial charge in [0.2, 0.25) is 0 Å². The van der Waals surface area contributed by atoms with Gasteiger partial charge in [-0.15, -0.1) is 0 Å². The predicted molar refractivity (Wildman–Crippen MR) is 126 cm³/mol. The van der Waals surface area contributed by atoms with Crippen LogP contribution in [0, 0.1) is 17.6 Å². The quantitative estimate of drug-likeness (QED) is 0.328. The van der Waals surface area contributed by atoms with Crippen LogP contribution in [0.15, 0.2) is 71.3 Å². The van der Waals surface area contributed by atoms with Crippen LogP contribution in [0.2, 0.25) is 5.02 Å². The Morgan fingerprint density at radius 3 is 2.51 bits per heavy atom. The molecule has 9 heteroatoms. The third kappa shape index (κ3) is 4.61. The van der Waals surface area contributed by atoms with Crippen molar-refractivity contribution in [1.82, 2.24) is 14.7 Å². The number of Topliss-reactive ketones (excluding diaryl/α,β-unsaturated/α-hetero) is 1. The van der Waals surface area contributed by atoms with E-state index in [0.717, 1.165) is 18.2 Å². The van der Waals surface area contributed by atoms with Gasteiger partial charge in [0.05, 0.1) is 17.5 Å². The summed E-state index contributed by atoms with van der Waals surface area (Å²) >= 11 is 6.15. The Morgan fingerprint density at radius 1 is 1.00 bits per heavy atom. The first-order valence-corrected chi connectivity index (χ1v) is 11.5. The highest BCUT2D eigenvalue weighted by atomic mass is 35.5. The molecule has 0 radical (unpaired) electrons. The minimum atomic E-state index is -0.744. The van der Waals surface area contributed by atoms with Crippen molar-refractivity contribution >= 4 is 23.3 Å². The van der Waals surface area contributed by atoms with E-state index < -0.39 is 23.3 Å². The van der Waals surface area contributed by atoms with Crippen LogP contribution in [0.25, 0.3) is 17.1 Å². The van der Waals surface area contributed by atoms with Gasteiger partial charge in [-0.25, -0.2) is 13.5 Å². The Balaban J connectivity index is 1.35. The van der Waals surface area contributed by atoms with E-state index in [1.807, 2.05) is 6.07 Å². The molecule has 0 aliphatic carbocycles. The van der Waals surface area contributed by atoms with E-state index in [2.05, 4.69) is 5.10 Å². The molecule has 0 unspecified atom stereocenters. The summed E-state index contributed by atoms with van der Waals surface area (Å²) in [5, 5.41) is 5.05. The number of ketones is 1. The molecule has 2 aromatic carbocycles. The zero-order valence-corrected chi connectivity index (χ0v) is 19.2. The highest BCUT2D eigenvalue weighted by molar-refractivity contribution is 6.30. The first kappa shape index (κ1) is 23.0. The molecule has 4 aromatic rings. The second-order valence-electron chi connectivity index (χ2n) is 8.34. The summed E-state index contributed by atoms with van der Waals surface area (Å²) in [6, 6.07) is 15.1.